The summed E-state index contributed by atoms with van der Waals surface area (Å²) in [6, 6.07) is 1.84. The third-order valence-corrected chi connectivity index (χ3v) is 4.61. The fraction of sp³-hybridized carbons (Fsp3) is 0.391. The van der Waals surface area contributed by atoms with Crippen molar-refractivity contribution >= 4 is 12.1 Å². The number of amides is 1. The number of carbonyl (C=O) groups is 2. The second kappa shape index (κ2) is 10.4. The lowest BCUT2D eigenvalue weighted by molar-refractivity contribution is -0.131. The molecule has 0 heterocycles. The number of aliphatic carboxylic acids is 1. The second-order valence-corrected chi connectivity index (χ2v) is 8.27. The highest BCUT2D eigenvalue weighted by Crippen LogP contribution is 2.28. The summed E-state index contributed by atoms with van der Waals surface area (Å²) in [4.78, 5) is 25.0. The highest BCUT2D eigenvalue weighted by molar-refractivity contribution is 5.79. The van der Waals surface area contributed by atoms with E-state index in [-0.39, 0.29) is 18.7 Å². The predicted molar refractivity (Wildman–Crippen MR) is 111 cm³/mol. The van der Waals surface area contributed by atoms with Crippen molar-refractivity contribution in [1.82, 2.24) is 4.90 Å². The first-order valence-corrected chi connectivity index (χ1v) is 9.86. The van der Waals surface area contributed by atoms with Gasteiger partial charge in [0.2, 0.25) is 0 Å². The maximum Gasteiger partial charge on any atom is 0.410 e. The highest BCUT2D eigenvalue weighted by atomic mass is 19.2. The topological polar surface area (TPSA) is 76.1 Å². The number of carboxylic acids is 1. The maximum absolute atomic E-state index is 14.3. The van der Waals surface area contributed by atoms with Crippen LogP contribution in [0.25, 0.3) is 0 Å². The van der Waals surface area contributed by atoms with Crippen LogP contribution in [0.2, 0.25) is 0 Å². The molecule has 1 aliphatic rings. The van der Waals surface area contributed by atoms with Crippen molar-refractivity contribution < 1.29 is 37.3 Å². The molecule has 1 aromatic rings. The molecule has 174 valence electrons. The van der Waals surface area contributed by atoms with Gasteiger partial charge in [-0.2, -0.15) is 0 Å². The van der Waals surface area contributed by atoms with E-state index in [0.29, 0.717) is 5.76 Å². The Morgan fingerprint density at radius 3 is 2.47 bits per heavy atom. The molecule has 6 nitrogen and oxygen atoms in total. The third-order valence-electron chi connectivity index (χ3n) is 4.61. The molecule has 0 aromatic heterocycles. The summed E-state index contributed by atoms with van der Waals surface area (Å²) in [5, 5.41) is 8.96. The van der Waals surface area contributed by atoms with E-state index in [4.69, 9.17) is 14.6 Å². The minimum Gasteiger partial charge on any atom is -0.497 e. The molecule has 0 aliphatic heterocycles. The molecular weight excluding hydrogens is 427 g/mol. The quantitative estimate of drug-likeness (QED) is 0.474. The van der Waals surface area contributed by atoms with Gasteiger partial charge in [-0.1, -0.05) is 18.2 Å². The number of allylic oxidation sites excluding steroid dienone is 3. The lowest BCUT2D eigenvalue weighted by Gasteiger charge is -2.32. The molecule has 0 bridgehead atoms. The van der Waals surface area contributed by atoms with Gasteiger partial charge >= 0.3 is 12.1 Å². The Kier molecular flexibility index (Phi) is 8.13. The van der Waals surface area contributed by atoms with Crippen LogP contribution in [0.5, 0.6) is 0 Å². The van der Waals surface area contributed by atoms with E-state index >= 15 is 0 Å². The summed E-state index contributed by atoms with van der Waals surface area (Å²) in [7, 11) is 1.46. The molecule has 9 heteroatoms. The molecule has 0 fully saturated rings. The van der Waals surface area contributed by atoms with Gasteiger partial charge in [0.15, 0.2) is 17.5 Å². The fourth-order valence-electron chi connectivity index (χ4n) is 3.12. The van der Waals surface area contributed by atoms with Gasteiger partial charge < -0.3 is 19.5 Å². The Morgan fingerprint density at radius 1 is 1.19 bits per heavy atom. The van der Waals surface area contributed by atoms with Crippen molar-refractivity contribution in [2.24, 2.45) is 11.8 Å². The van der Waals surface area contributed by atoms with Crippen LogP contribution in [0, 0.1) is 29.3 Å². The van der Waals surface area contributed by atoms with Crippen LogP contribution in [0.15, 0.2) is 48.3 Å². The molecular formula is C23H26F3NO5. The number of hydrogen-bond acceptors (Lipinski definition) is 4. The van der Waals surface area contributed by atoms with Gasteiger partial charge in [-0.3, -0.25) is 0 Å². The molecule has 32 heavy (non-hydrogen) atoms. The second-order valence-electron chi connectivity index (χ2n) is 8.27. The molecule has 1 N–H and O–H groups in total. The van der Waals surface area contributed by atoms with E-state index in [1.54, 1.807) is 39.0 Å². The number of carbonyl (C=O) groups excluding carboxylic acids is 1. The zero-order valence-electron chi connectivity index (χ0n) is 18.3. The minimum atomic E-state index is -1.63. The molecule has 0 radical (unpaired) electrons. The summed E-state index contributed by atoms with van der Waals surface area (Å²) in [6.45, 7) is 4.56. The normalized spacial score (nSPS) is 18.4. The summed E-state index contributed by atoms with van der Waals surface area (Å²) in [5.74, 6) is -5.85. The smallest absolute Gasteiger partial charge is 0.410 e. The first-order chi connectivity index (χ1) is 14.9. The van der Waals surface area contributed by atoms with Gasteiger partial charge in [-0.25, -0.2) is 22.8 Å². The SMILES string of the molecule is COC1=CC(CN(Cc2ccc(F)c(F)c2F)C(=O)OC(C)(C)C)C(/C=C/C(=O)O)C=C1. The summed E-state index contributed by atoms with van der Waals surface area (Å²) in [5.41, 5.74) is -1.08. The van der Waals surface area contributed by atoms with Crippen molar-refractivity contribution in [2.45, 2.75) is 32.9 Å². The first-order valence-electron chi connectivity index (χ1n) is 9.86. The van der Waals surface area contributed by atoms with Crippen LogP contribution in [0.3, 0.4) is 0 Å². The van der Waals surface area contributed by atoms with E-state index in [1.165, 1.54) is 13.2 Å². The maximum atomic E-state index is 14.3. The van der Waals surface area contributed by atoms with E-state index < -0.39 is 47.0 Å². The standard InChI is InChI=1S/C23H26F3NO5/c1-23(2,3)32-22(30)27(12-15-6-9-18(24)21(26)20(15)25)13-16-11-17(31-4)8-5-14(16)7-10-19(28)29/h5-11,14,16H,12-13H2,1-4H3,(H,28,29)/b10-7+. The van der Waals surface area contributed by atoms with Crippen LogP contribution >= 0.6 is 0 Å². The molecule has 0 spiro atoms. The Hall–Kier alpha value is -3.23. The average molecular weight is 453 g/mol. The summed E-state index contributed by atoms with van der Waals surface area (Å²) >= 11 is 0. The fourth-order valence-corrected chi connectivity index (χ4v) is 3.12. The van der Waals surface area contributed by atoms with Crippen LogP contribution in [0.1, 0.15) is 26.3 Å². The number of rotatable bonds is 7. The Labute approximate surface area is 184 Å². The summed E-state index contributed by atoms with van der Waals surface area (Å²) < 4.78 is 52.0. The van der Waals surface area contributed by atoms with E-state index in [0.717, 1.165) is 23.1 Å². The van der Waals surface area contributed by atoms with Gasteiger partial charge in [0.05, 0.1) is 13.7 Å². The molecule has 2 unspecified atom stereocenters. The van der Waals surface area contributed by atoms with Crippen molar-refractivity contribution in [2.75, 3.05) is 13.7 Å². The third kappa shape index (κ3) is 6.90. The number of hydrogen-bond donors (Lipinski definition) is 1. The van der Waals surface area contributed by atoms with Crippen LogP contribution in [-0.4, -0.2) is 41.3 Å². The predicted octanol–water partition coefficient (Wildman–Crippen LogP) is 4.81. The van der Waals surface area contributed by atoms with Crippen LogP contribution in [0.4, 0.5) is 18.0 Å². The first kappa shape index (κ1) is 25.0. The number of nitrogens with zero attached hydrogens (tertiary/aromatic N) is 1. The van der Waals surface area contributed by atoms with Gasteiger partial charge in [0, 0.05) is 30.0 Å². The molecule has 0 saturated carbocycles. The summed E-state index contributed by atoms with van der Waals surface area (Å²) in [6.07, 6.45) is 6.74. The molecule has 2 atom stereocenters. The molecule has 1 aliphatic carbocycles. The zero-order chi connectivity index (χ0) is 24.1. The molecule has 1 aromatic carbocycles. The van der Waals surface area contributed by atoms with E-state index in [9.17, 15) is 22.8 Å². The largest absolute Gasteiger partial charge is 0.497 e. The Balaban J connectivity index is 2.38. The van der Waals surface area contributed by atoms with Crippen molar-refractivity contribution in [3.8, 4) is 0 Å². The highest BCUT2D eigenvalue weighted by Gasteiger charge is 2.29. The number of methoxy groups -OCH3 is 1. The monoisotopic (exact) mass is 453 g/mol. The van der Waals surface area contributed by atoms with Crippen molar-refractivity contribution in [1.29, 1.82) is 0 Å². The lowest BCUT2D eigenvalue weighted by Crippen LogP contribution is -2.40. The minimum absolute atomic E-state index is 0.0286. The van der Waals surface area contributed by atoms with Gasteiger partial charge in [0.25, 0.3) is 0 Å². The number of ether oxygens (including phenoxy) is 2. The number of halogens is 3. The number of carboxylic acid groups (broad SMARTS) is 1. The Bertz CT molecular complexity index is 950. The van der Waals surface area contributed by atoms with Gasteiger partial charge in [-0.05, 0) is 39.0 Å². The van der Waals surface area contributed by atoms with Crippen LogP contribution in [-0.2, 0) is 20.8 Å². The molecule has 1 amide bonds. The van der Waals surface area contributed by atoms with E-state index in [1.807, 2.05) is 0 Å². The Morgan fingerprint density at radius 2 is 1.88 bits per heavy atom. The van der Waals surface area contributed by atoms with Gasteiger partial charge in [0.1, 0.15) is 11.4 Å². The average Bonchev–Trinajstić information content (AvgIpc) is 2.70. The van der Waals surface area contributed by atoms with E-state index in [2.05, 4.69) is 0 Å². The molecule has 2 rings (SSSR count). The van der Waals surface area contributed by atoms with Gasteiger partial charge in [-0.15, -0.1) is 0 Å². The number of benzene rings is 1. The molecule has 0 saturated heterocycles. The lowest BCUT2D eigenvalue weighted by atomic mass is 9.87. The van der Waals surface area contributed by atoms with Crippen molar-refractivity contribution in [3.05, 3.63) is 71.3 Å². The zero-order valence-corrected chi connectivity index (χ0v) is 18.3. The van der Waals surface area contributed by atoms with Crippen LogP contribution < -0.4 is 0 Å². The van der Waals surface area contributed by atoms with Crippen molar-refractivity contribution in [3.63, 3.8) is 0 Å².